The van der Waals surface area contributed by atoms with E-state index < -0.39 is 34.4 Å². The van der Waals surface area contributed by atoms with E-state index in [0.717, 1.165) is 24.8 Å². The van der Waals surface area contributed by atoms with Gasteiger partial charge in [-0.25, -0.2) is 4.79 Å². The molecule has 158 valence electrons. The molecule has 0 aliphatic rings. The molecule has 2 rings (SSSR count). The molecule has 0 saturated carbocycles. The van der Waals surface area contributed by atoms with Crippen molar-refractivity contribution in [3.05, 3.63) is 75.3 Å². The summed E-state index contributed by atoms with van der Waals surface area (Å²) >= 11 is 0. The number of nitrogens with zero attached hydrogens (tertiary/aromatic N) is 1. The van der Waals surface area contributed by atoms with Crippen molar-refractivity contribution >= 4 is 23.5 Å². The van der Waals surface area contributed by atoms with Gasteiger partial charge in [0.1, 0.15) is 0 Å². The molecule has 0 saturated heterocycles. The lowest BCUT2D eigenvalue weighted by Gasteiger charge is -2.16. The summed E-state index contributed by atoms with van der Waals surface area (Å²) in [6, 6.07) is 12.5. The Morgan fingerprint density at radius 2 is 1.77 bits per heavy atom. The number of ether oxygens (including phenoxy) is 2. The Bertz CT molecular complexity index is 928. The fourth-order valence-electron chi connectivity index (χ4n) is 2.80. The topological polar surface area (TPSA) is 125 Å². The van der Waals surface area contributed by atoms with E-state index >= 15 is 0 Å². The minimum atomic E-state index is -0.804. The second kappa shape index (κ2) is 10.7. The van der Waals surface area contributed by atoms with Gasteiger partial charge in [0.25, 0.3) is 11.6 Å². The third-order valence-corrected chi connectivity index (χ3v) is 4.27. The molecular formula is C21H22N2O7. The van der Waals surface area contributed by atoms with Crippen LogP contribution in [-0.4, -0.2) is 43.0 Å². The van der Waals surface area contributed by atoms with Gasteiger partial charge in [0.15, 0.2) is 0 Å². The van der Waals surface area contributed by atoms with Crippen LogP contribution in [0.1, 0.15) is 33.2 Å². The number of hydrogen-bond donors (Lipinski definition) is 1. The van der Waals surface area contributed by atoms with Crippen molar-refractivity contribution in [2.45, 2.75) is 13.3 Å². The summed E-state index contributed by atoms with van der Waals surface area (Å²) in [5.74, 6) is -2.57. The normalized spacial score (nSPS) is 11.3. The Morgan fingerprint density at radius 1 is 1.10 bits per heavy atom. The number of methoxy groups -OCH3 is 1. The number of nitrogens with one attached hydrogen (secondary N) is 1. The van der Waals surface area contributed by atoms with Crippen molar-refractivity contribution in [2.24, 2.45) is 5.92 Å². The lowest BCUT2D eigenvalue weighted by atomic mass is 9.99. The number of carbonyl (C=O) groups excluding carboxylic acids is 3. The number of benzene rings is 2. The van der Waals surface area contributed by atoms with Crippen LogP contribution in [0.5, 0.6) is 0 Å². The zero-order valence-electron chi connectivity index (χ0n) is 16.6. The number of esters is 2. The van der Waals surface area contributed by atoms with Crippen LogP contribution in [0.25, 0.3) is 0 Å². The first kappa shape index (κ1) is 22.5. The number of non-ortho nitro benzene ring substituents is 1. The van der Waals surface area contributed by atoms with Crippen molar-refractivity contribution in [3.8, 4) is 0 Å². The van der Waals surface area contributed by atoms with Crippen molar-refractivity contribution < 1.29 is 28.8 Å². The summed E-state index contributed by atoms with van der Waals surface area (Å²) in [5, 5.41) is 13.7. The zero-order valence-corrected chi connectivity index (χ0v) is 16.6. The van der Waals surface area contributed by atoms with E-state index in [4.69, 9.17) is 4.74 Å². The highest BCUT2D eigenvalue weighted by Gasteiger charge is 2.23. The van der Waals surface area contributed by atoms with Crippen molar-refractivity contribution in [1.82, 2.24) is 5.32 Å². The van der Waals surface area contributed by atoms with Crippen molar-refractivity contribution in [1.29, 1.82) is 0 Å². The van der Waals surface area contributed by atoms with Gasteiger partial charge >= 0.3 is 11.9 Å². The highest BCUT2D eigenvalue weighted by Crippen LogP contribution is 2.18. The molecule has 1 unspecified atom stereocenters. The number of hydrogen-bond acceptors (Lipinski definition) is 7. The van der Waals surface area contributed by atoms with Gasteiger partial charge in [0.05, 0.1) is 30.1 Å². The Balaban J connectivity index is 2.19. The summed E-state index contributed by atoms with van der Waals surface area (Å²) in [6.45, 7) is 1.85. The maximum absolute atomic E-state index is 12.6. The standard InChI is InChI=1S/C21H22N2O7/c1-3-30-21(26)17(9-14-7-5-4-6-8-14)13-22-19(24)15-10-16(20(25)29-2)12-18(11-15)23(27)28/h4-8,10-12,17H,3,9,13H2,1-2H3,(H,22,24). The molecule has 9 nitrogen and oxygen atoms in total. The Kier molecular flexibility index (Phi) is 8.04. The van der Waals surface area contributed by atoms with Gasteiger partial charge < -0.3 is 14.8 Å². The Hall–Kier alpha value is -3.75. The first-order valence-electron chi connectivity index (χ1n) is 9.22. The molecule has 30 heavy (non-hydrogen) atoms. The second-order valence-electron chi connectivity index (χ2n) is 6.37. The first-order valence-corrected chi connectivity index (χ1v) is 9.22. The van der Waals surface area contributed by atoms with Crippen LogP contribution < -0.4 is 5.32 Å². The van der Waals surface area contributed by atoms with Gasteiger partial charge in [-0.05, 0) is 25.0 Å². The van der Waals surface area contributed by atoms with Crippen molar-refractivity contribution in [2.75, 3.05) is 20.3 Å². The maximum atomic E-state index is 12.6. The maximum Gasteiger partial charge on any atom is 0.338 e. The molecule has 0 aliphatic heterocycles. The molecule has 0 spiro atoms. The first-order chi connectivity index (χ1) is 14.3. The molecule has 1 amide bonds. The van der Waals surface area contributed by atoms with E-state index in [9.17, 15) is 24.5 Å². The highest BCUT2D eigenvalue weighted by atomic mass is 16.6. The number of amides is 1. The minimum absolute atomic E-state index is 0.0389. The molecule has 0 radical (unpaired) electrons. The molecule has 2 aromatic carbocycles. The molecule has 0 heterocycles. The van der Waals surface area contributed by atoms with E-state index in [1.54, 1.807) is 6.92 Å². The lowest BCUT2D eigenvalue weighted by Crippen LogP contribution is -2.35. The fourth-order valence-corrected chi connectivity index (χ4v) is 2.80. The van der Waals surface area contributed by atoms with E-state index in [1.807, 2.05) is 30.3 Å². The van der Waals surface area contributed by atoms with Crippen LogP contribution >= 0.6 is 0 Å². The number of carbonyl (C=O) groups is 3. The number of nitro benzene ring substituents is 1. The average molecular weight is 414 g/mol. The van der Waals surface area contributed by atoms with Gasteiger partial charge in [-0.2, -0.15) is 0 Å². The summed E-state index contributed by atoms with van der Waals surface area (Å²) in [6.07, 6.45) is 0.350. The Labute approximate surface area is 173 Å². The predicted octanol–water partition coefficient (Wildman–Crippen LogP) is 2.53. The predicted molar refractivity (Wildman–Crippen MR) is 107 cm³/mol. The lowest BCUT2D eigenvalue weighted by molar-refractivity contribution is -0.384. The molecule has 0 aromatic heterocycles. The molecule has 0 bridgehead atoms. The second-order valence-corrected chi connectivity index (χ2v) is 6.37. The molecular weight excluding hydrogens is 392 g/mol. The van der Waals surface area contributed by atoms with Gasteiger partial charge in [-0.3, -0.25) is 19.7 Å². The van der Waals surface area contributed by atoms with Crippen LogP contribution in [0.2, 0.25) is 0 Å². The third-order valence-electron chi connectivity index (χ3n) is 4.27. The molecule has 1 N–H and O–H groups in total. The van der Waals surface area contributed by atoms with Crippen LogP contribution in [-0.2, 0) is 20.7 Å². The highest BCUT2D eigenvalue weighted by molar-refractivity contribution is 5.99. The van der Waals surface area contributed by atoms with Crippen LogP contribution in [0.15, 0.2) is 48.5 Å². The fraction of sp³-hybridized carbons (Fsp3) is 0.286. The van der Waals surface area contributed by atoms with Gasteiger partial charge in [0, 0.05) is 24.2 Å². The molecule has 0 fully saturated rings. The van der Waals surface area contributed by atoms with E-state index in [1.165, 1.54) is 6.07 Å². The number of rotatable bonds is 9. The quantitative estimate of drug-likeness (QED) is 0.380. The number of nitro groups is 1. The van der Waals surface area contributed by atoms with Gasteiger partial charge in [0.2, 0.25) is 0 Å². The molecule has 2 aromatic rings. The average Bonchev–Trinajstić information content (AvgIpc) is 2.76. The van der Waals surface area contributed by atoms with Gasteiger partial charge in [-0.1, -0.05) is 30.3 Å². The molecule has 9 heteroatoms. The summed E-state index contributed by atoms with van der Waals surface area (Å²) in [5.41, 5.74) is 0.261. The van der Waals surface area contributed by atoms with Gasteiger partial charge in [-0.15, -0.1) is 0 Å². The SMILES string of the molecule is CCOC(=O)C(CNC(=O)c1cc(C(=O)OC)cc([N+](=O)[O-])c1)Cc1ccccc1. The molecule has 0 aliphatic carbocycles. The zero-order chi connectivity index (χ0) is 22.1. The van der Waals surface area contributed by atoms with E-state index in [-0.39, 0.29) is 24.3 Å². The van der Waals surface area contributed by atoms with Crippen LogP contribution in [0.3, 0.4) is 0 Å². The minimum Gasteiger partial charge on any atom is -0.466 e. The summed E-state index contributed by atoms with van der Waals surface area (Å²) in [4.78, 5) is 47.1. The monoisotopic (exact) mass is 414 g/mol. The third kappa shape index (κ3) is 6.13. The summed E-state index contributed by atoms with van der Waals surface area (Å²) in [7, 11) is 1.13. The van der Waals surface area contributed by atoms with E-state index in [0.29, 0.717) is 6.42 Å². The Morgan fingerprint density at radius 3 is 2.37 bits per heavy atom. The largest absolute Gasteiger partial charge is 0.466 e. The van der Waals surface area contributed by atoms with Crippen LogP contribution in [0, 0.1) is 16.0 Å². The summed E-state index contributed by atoms with van der Waals surface area (Å²) < 4.78 is 9.66. The smallest absolute Gasteiger partial charge is 0.338 e. The van der Waals surface area contributed by atoms with Crippen LogP contribution in [0.4, 0.5) is 5.69 Å². The molecule has 1 atom stereocenters. The van der Waals surface area contributed by atoms with Crippen molar-refractivity contribution in [3.63, 3.8) is 0 Å². The van der Waals surface area contributed by atoms with E-state index in [2.05, 4.69) is 10.1 Å².